The van der Waals surface area contributed by atoms with Gasteiger partial charge in [0.25, 0.3) is 5.91 Å². The van der Waals surface area contributed by atoms with Crippen molar-refractivity contribution in [2.24, 2.45) is 0 Å². The summed E-state index contributed by atoms with van der Waals surface area (Å²) in [5.41, 5.74) is 2.35. The zero-order chi connectivity index (χ0) is 14.6. The minimum Gasteiger partial charge on any atom is -0.394 e. The molecular weight excluding hydrogens is 268 g/mol. The van der Waals surface area contributed by atoms with E-state index in [0.29, 0.717) is 5.56 Å². The number of rotatable bonds is 3. The van der Waals surface area contributed by atoms with E-state index in [1.54, 1.807) is 0 Å². The van der Waals surface area contributed by atoms with Crippen LogP contribution in [0.4, 0.5) is 0 Å². The van der Waals surface area contributed by atoms with Crippen molar-refractivity contribution in [1.29, 1.82) is 0 Å². The molecule has 0 aromatic heterocycles. The predicted molar refractivity (Wildman–Crippen MR) is 78.5 cm³/mol. The third kappa shape index (κ3) is 1.98. The molecule has 0 aromatic rings. The van der Waals surface area contributed by atoms with Gasteiger partial charge < -0.3 is 15.3 Å². The maximum absolute atomic E-state index is 12.6. The van der Waals surface area contributed by atoms with Crippen LogP contribution in [0.25, 0.3) is 11.3 Å². The highest BCUT2D eigenvalue weighted by molar-refractivity contribution is 6.02. The lowest BCUT2D eigenvalue weighted by atomic mass is 9.88. The Morgan fingerprint density at radius 2 is 2.14 bits per heavy atom. The van der Waals surface area contributed by atoms with Gasteiger partial charge >= 0.3 is 0 Å². The molecule has 4 aliphatic rings. The lowest BCUT2D eigenvalue weighted by Crippen LogP contribution is -2.57. The summed E-state index contributed by atoms with van der Waals surface area (Å²) in [7, 11) is 2.07. The third-order valence-electron chi connectivity index (χ3n) is 4.90. The quantitative estimate of drug-likeness (QED) is 0.733. The van der Waals surface area contributed by atoms with Crippen molar-refractivity contribution in [3.05, 3.63) is 23.9 Å². The number of hydrogen-bond donors (Lipinski definition) is 2. The van der Waals surface area contributed by atoms with E-state index in [0.717, 1.165) is 43.9 Å². The first-order chi connectivity index (χ1) is 10.1. The number of aliphatic hydroxyl groups is 1. The number of aliphatic hydroxyl groups excluding tert-OH is 1. The van der Waals surface area contributed by atoms with Gasteiger partial charge in [-0.25, -0.2) is 0 Å². The van der Waals surface area contributed by atoms with Crippen LogP contribution in [0.2, 0.25) is 0 Å². The maximum atomic E-state index is 12.6. The van der Waals surface area contributed by atoms with Crippen LogP contribution < -0.4 is 5.32 Å². The molecule has 1 saturated heterocycles. The SMILES string of the molecule is CN1CCC(CO)(NC(=O)c2ccc3n4n(cc2-3)C4)CC1. The van der Waals surface area contributed by atoms with E-state index < -0.39 is 5.54 Å². The first kappa shape index (κ1) is 12.9. The smallest absolute Gasteiger partial charge is 0.252 e. The highest BCUT2D eigenvalue weighted by Gasteiger charge is 2.36. The summed E-state index contributed by atoms with van der Waals surface area (Å²) >= 11 is 0. The number of nitrogens with one attached hydrogen (secondary N) is 1. The van der Waals surface area contributed by atoms with Crippen LogP contribution >= 0.6 is 0 Å². The lowest BCUT2D eigenvalue weighted by molar-refractivity contribution is 0.0664. The number of carbonyl (C=O) groups is 1. The molecule has 0 atom stereocenters. The second kappa shape index (κ2) is 4.35. The van der Waals surface area contributed by atoms with E-state index in [1.165, 1.54) is 0 Å². The van der Waals surface area contributed by atoms with Crippen molar-refractivity contribution in [2.75, 3.05) is 26.7 Å². The van der Waals surface area contributed by atoms with E-state index in [2.05, 4.69) is 26.6 Å². The van der Waals surface area contributed by atoms with Crippen molar-refractivity contribution in [3.63, 3.8) is 0 Å². The lowest BCUT2D eigenvalue weighted by Gasteiger charge is -2.40. The Morgan fingerprint density at radius 3 is 2.86 bits per heavy atom. The van der Waals surface area contributed by atoms with E-state index in [4.69, 9.17) is 0 Å². The Morgan fingerprint density at radius 1 is 1.38 bits per heavy atom. The van der Waals surface area contributed by atoms with Gasteiger partial charge in [-0.05, 0) is 32.0 Å². The number of likely N-dealkylation sites (tertiary alicyclic amines) is 1. The molecule has 1 aliphatic carbocycles. The number of nitrogens with zero attached hydrogens (tertiary/aromatic N) is 3. The second-order valence-corrected chi connectivity index (χ2v) is 6.35. The van der Waals surface area contributed by atoms with E-state index >= 15 is 0 Å². The molecule has 1 fully saturated rings. The van der Waals surface area contributed by atoms with E-state index in [9.17, 15) is 9.90 Å². The highest BCUT2D eigenvalue weighted by Crippen LogP contribution is 2.34. The van der Waals surface area contributed by atoms with Crippen molar-refractivity contribution in [1.82, 2.24) is 19.6 Å². The van der Waals surface area contributed by atoms with Crippen LogP contribution in [0.15, 0.2) is 18.3 Å². The van der Waals surface area contributed by atoms with Gasteiger partial charge in [0.2, 0.25) is 0 Å². The third-order valence-corrected chi connectivity index (χ3v) is 4.90. The van der Waals surface area contributed by atoms with Crippen molar-refractivity contribution >= 4 is 5.91 Å². The van der Waals surface area contributed by atoms with Crippen LogP contribution in [0.3, 0.4) is 0 Å². The first-order valence-corrected chi connectivity index (χ1v) is 7.42. The van der Waals surface area contributed by atoms with Crippen LogP contribution in [-0.4, -0.2) is 57.6 Å². The van der Waals surface area contributed by atoms with Crippen LogP contribution in [0.5, 0.6) is 0 Å². The van der Waals surface area contributed by atoms with Crippen LogP contribution in [0, 0.1) is 0 Å². The predicted octanol–water partition coefficient (Wildman–Crippen LogP) is 0.400. The molecule has 1 amide bonds. The zero-order valence-electron chi connectivity index (χ0n) is 12.2. The van der Waals surface area contributed by atoms with Gasteiger partial charge in [-0.15, -0.1) is 0 Å². The molecule has 112 valence electrons. The minimum atomic E-state index is -0.476. The molecule has 3 aliphatic heterocycles. The van der Waals surface area contributed by atoms with Gasteiger partial charge in [0.15, 0.2) is 0 Å². The number of piperidine rings is 1. The number of amides is 1. The topological polar surface area (TPSA) is 62.4 Å². The normalized spacial score (nSPS) is 20.5. The summed E-state index contributed by atoms with van der Waals surface area (Å²) in [6.45, 7) is 2.71. The maximum Gasteiger partial charge on any atom is 0.252 e. The van der Waals surface area contributed by atoms with Crippen molar-refractivity contribution < 1.29 is 9.90 Å². The number of hydrogen-bond acceptors (Lipinski definition) is 3. The average molecular weight is 288 g/mol. The van der Waals surface area contributed by atoms with Gasteiger partial charge in [-0.3, -0.25) is 14.2 Å². The Hall–Kier alpha value is -1.79. The molecule has 2 N–H and O–H groups in total. The Bertz CT molecular complexity index is 664. The summed E-state index contributed by atoms with van der Waals surface area (Å²) < 4.78 is 4.21. The number of carbonyl (C=O) groups excluding carboxylic acids is 1. The summed E-state index contributed by atoms with van der Waals surface area (Å²) in [6.07, 6.45) is 3.59. The molecule has 0 bridgehead atoms. The van der Waals surface area contributed by atoms with Crippen molar-refractivity contribution in [2.45, 2.75) is 25.0 Å². The van der Waals surface area contributed by atoms with Gasteiger partial charge in [0.1, 0.15) is 6.67 Å². The fourth-order valence-electron chi connectivity index (χ4n) is 3.30. The average Bonchev–Trinajstić information content (AvgIpc) is 2.96. The molecule has 0 spiro atoms. The fourth-order valence-corrected chi connectivity index (χ4v) is 3.30. The standard InChI is InChI=1S/C15H20N4O2/c1-17-6-4-15(9-20,5-7-17)16-14(21)11-2-3-13-12(11)8-18-10-19(13)18/h2-3,8,20H,4-7,9-10H2,1H3,(H,16,21). The fraction of sp³-hybridized carbons (Fsp3) is 0.533. The summed E-state index contributed by atoms with van der Waals surface area (Å²) in [4.78, 5) is 14.8. The molecule has 0 unspecified atom stereocenters. The van der Waals surface area contributed by atoms with Gasteiger partial charge in [0.05, 0.1) is 23.4 Å². The van der Waals surface area contributed by atoms with Crippen LogP contribution in [0.1, 0.15) is 23.2 Å². The monoisotopic (exact) mass is 288 g/mol. The van der Waals surface area contributed by atoms with E-state index in [-0.39, 0.29) is 12.5 Å². The minimum absolute atomic E-state index is 0.00254. The highest BCUT2D eigenvalue weighted by atomic mass is 16.3. The largest absolute Gasteiger partial charge is 0.394 e. The second-order valence-electron chi connectivity index (χ2n) is 6.35. The van der Waals surface area contributed by atoms with Gasteiger partial charge in [0, 0.05) is 24.8 Å². The Kier molecular flexibility index (Phi) is 2.68. The van der Waals surface area contributed by atoms with E-state index in [1.807, 2.05) is 18.3 Å². The van der Waals surface area contributed by atoms with Gasteiger partial charge in [-0.2, -0.15) is 0 Å². The molecule has 0 saturated carbocycles. The molecule has 0 radical (unpaired) electrons. The molecule has 6 nitrogen and oxygen atoms in total. The number of aromatic nitrogens is 2. The molecule has 21 heavy (non-hydrogen) atoms. The molecule has 3 heterocycles. The summed E-state index contributed by atoms with van der Waals surface area (Å²) in [5.74, 6) is -0.0743. The first-order valence-electron chi connectivity index (χ1n) is 7.42. The number of fused-ring (bicyclic) bond motifs is 3. The molecule has 4 rings (SSSR count). The summed E-state index contributed by atoms with van der Waals surface area (Å²) in [5, 5.41) is 12.9. The molecule has 0 aromatic carbocycles. The molecular formula is C15H20N4O2. The van der Waals surface area contributed by atoms with Gasteiger partial charge in [-0.1, -0.05) is 0 Å². The zero-order valence-corrected chi connectivity index (χ0v) is 12.2. The molecule has 6 heteroatoms. The van der Waals surface area contributed by atoms with Crippen LogP contribution in [-0.2, 0) is 6.67 Å². The van der Waals surface area contributed by atoms with Crippen molar-refractivity contribution in [3.8, 4) is 11.3 Å². The Balaban J connectivity index is 1.55. The Labute approximate surface area is 123 Å². The summed E-state index contributed by atoms with van der Waals surface area (Å²) in [6, 6.07) is 3.88.